The Balaban J connectivity index is 2.21. The molecule has 0 aliphatic carbocycles. The molecule has 2 heterocycles. The van der Waals surface area contributed by atoms with Crippen molar-refractivity contribution in [3.05, 3.63) is 32.9 Å². The van der Waals surface area contributed by atoms with Gasteiger partial charge in [-0.1, -0.05) is 23.2 Å². The third-order valence-electron chi connectivity index (χ3n) is 3.64. The number of aliphatic hydroxyl groups is 2. The summed E-state index contributed by atoms with van der Waals surface area (Å²) in [5.41, 5.74) is -2.53. The number of ether oxygens (including phenoxy) is 1. The molecule has 13 nitrogen and oxygen atoms in total. The first-order valence-electron chi connectivity index (χ1n) is 7.03. The third-order valence-corrected chi connectivity index (χ3v) is 9.66. The molecule has 28 heavy (non-hydrogen) atoms. The van der Waals surface area contributed by atoms with Gasteiger partial charge in [-0.25, -0.2) is 4.79 Å². The van der Waals surface area contributed by atoms with E-state index in [9.17, 15) is 38.2 Å². The van der Waals surface area contributed by atoms with Crippen LogP contribution < -0.4 is 11.2 Å². The third kappa shape index (κ3) is 4.27. The minimum atomic E-state index is -5.54. The zero-order valence-electron chi connectivity index (χ0n) is 13.3. The van der Waals surface area contributed by atoms with E-state index in [4.69, 9.17) is 37.7 Å². The van der Waals surface area contributed by atoms with Crippen LogP contribution in [-0.2, 0) is 18.4 Å². The van der Waals surface area contributed by atoms with Gasteiger partial charge in [0.1, 0.15) is 18.3 Å². The Morgan fingerprint density at radius 3 is 2.36 bits per heavy atom. The van der Waals surface area contributed by atoms with Crippen LogP contribution in [0.15, 0.2) is 15.8 Å². The van der Waals surface area contributed by atoms with Gasteiger partial charge in [0, 0.05) is 0 Å². The zero-order valence-corrected chi connectivity index (χ0v) is 16.6. The summed E-state index contributed by atoms with van der Waals surface area (Å²) in [5.74, 6) is -1.40. The normalized spacial score (nSPS) is 28.3. The van der Waals surface area contributed by atoms with Crippen molar-refractivity contribution in [2.75, 3.05) is 6.61 Å². The molecule has 18 heteroatoms. The molecule has 0 saturated carbocycles. The van der Waals surface area contributed by atoms with E-state index in [1.54, 1.807) is 4.98 Å². The van der Waals surface area contributed by atoms with Gasteiger partial charge in [0.05, 0.1) is 12.8 Å². The number of hydrogen-bond acceptors (Lipinski definition) is 8. The first-order chi connectivity index (χ1) is 12.6. The molecule has 2 rings (SSSR count). The fraction of sp³-hybridized carbons (Fsp3) is 0.600. The van der Waals surface area contributed by atoms with Gasteiger partial charge in [-0.05, 0) is 0 Å². The summed E-state index contributed by atoms with van der Waals surface area (Å²) in [7, 11) is -10.9. The van der Waals surface area contributed by atoms with E-state index < -0.39 is 67.2 Å². The first-order valence-corrected chi connectivity index (χ1v) is 11.0. The van der Waals surface area contributed by atoms with E-state index in [0.717, 1.165) is 0 Å². The van der Waals surface area contributed by atoms with Gasteiger partial charge in [-0.15, -0.1) is 0 Å². The molecule has 160 valence electrons. The van der Waals surface area contributed by atoms with Crippen LogP contribution in [0.3, 0.4) is 0 Å². The average molecular weight is 489 g/mol. The van der Waals surface area contributed by atoms with Gasteiger partial charge < -0.3 is 34.2 Å². The molecule has 1 unspecified atom stereocenters. The highest BCUT2D eigenvalue weighted by molar-refractivity contribution is 7.78. The fourth-order valence-corrected chi connectivity index (χ4v) is 4.45. The minimum Gasteiger partial charge on any atom is -0.387 e. The quantitative estimate of drug-likeness (QED) is 0.206. The van der Waals surface area contributed by atoms with E-state index in [2.05, 4.69) is 4.52 Å². The Morgan fingerprint density at radius 2 is 1.82 bits per heavy atom. The lowest BCUT2D eigenvalue weighted by Gasteiger charge is -2.26. The molecule has 0 radical (unpaired) electrons. The van der Waals surface area contributed by atoms with Crippen LogP contribution in [0.2, 0.25) is 0 Å². The average Bonchev–Trinajstić information content (AvgIpc) is 2.83. The summed E-state index contributed by atoms with van der Waals surface area (Å²) in [4.78, 5) is 51.9. The van der Waals surface area contributed by atoms with Crippen LogP contribution in [0.25, 0.3) is 0 Å². The molecule has 0 aromatic carbocycles. The molecule has 1 aromatic heterocycles. The summed E-state index contributed by atoms with van der Waals surface area (Å²) in [5, 5.41) is 19.9. The highest BCUT2D eigenvalue weighted by Gasteiger charge is 2.60. The first kappa shape index (κ1) is 23.6. The minimum absolute atomic E-state index is 0.401. The van der Waals surface area contributed by atoms with Gasteiger partial charge in [-0.3, -0.25) is 23.5 Å². The van der Waals surface area contributed by atoms with Gasteiger partial charge in [-0.2, -0.15) is 4.39 Å². The summed E-state index contributed by atoms with van der Waals surface area (Å²) >= 11 is 10.4. The number of nitrogens with one attached hydrogen (secondary N) is 1. The Kier molecular flexibility index (Phi) is 6.67. The number of aromatic nitrogens is 2. The lowest BCUT2D eigenvalue weighted by molar-refractivity contribution is -0.0530. The van der Waals surface area contributed by atoms with Gasteiger partial charge >= 0.3 is 24.7 Å². The highest BCUT2D eigenvalue weighted by atomic mass is 35.5. The summed E-state index contributed by atoms with van der Waals surface area (Å²) in [6.45, 7) is -1.07. The van der Waals surface area contributed by atoms with Gasteiger partial charge in [0.25, 0.3) is 5.56 Å². The van der Waals surface area contributed by atoms with Crippen molar-refractivity contribution in [1.82, 2.24) is 9.55 Å². The zero-order chi connectivity index (χ0) is 21.7. The molecule has 1 fully saturated rings. The van der Waals surface area contributed by atoms with E-state index >= 15 is 0 Å². The molecule has 1 aliphatic heterocycles. The van der Waals surface area contributed by atoms with E-state index in [0.29, 0.717) is 10.8 Å². The second-order valence-electron chi connectivity index (χ2n) is 5.56. The summed E-state index contributed by atoms with van der Waals surface area (Å²) in [6, 6.07) is 0. The molecule has 0 bridgehead atoms. The van der Waals surface area contributed by atoms with Gasteiger partial charge in [0.15, 0.2) is 6.23 Å². The molecule has 0 amide bonds. The summed E-state index contributed by atoms with van der Waals surface area (Å²) < 4.78 is 42.8. The van der Waals surface area contributed by atoms with Crippen molar-refractivity contribution in [2.45, 2.75) is 28.4 Å². The predicted molar refractivity (Wildman–Crippen MR) is 89.5 cm³/mol. The number of nitrogens with zero attached hydrogens (tertiary/aromatic N) is 1. The lowest BCUT2D eigenvalue weighted by Crippen LogP contribution is -2.38. The van der Waals surface area contributed by atoms with Gasteiger partial charge in [0.2, 0.25) is 5.82 Å². The van der Waals surface area contributed by atoms with Crippen molar-refractivity contribution in [2.24, 2.45) is 0 Å². The molecule has 6 N–H and O–H groups in total. The van der Waals surface area contributed by atoms with Crippen LogP contribution >= 0.6 is 38.4 Å². The summed E-state index contributed by atoms with van der Waals surface area (Å²) in [6.07, 6.45) is -6.71. The van der Waals surface area contributed by atoms with E-state index in [1.807, 2.05) is 0 Å². The highest BCUT2D eigenvalue weighted by Crippen LogP contribution is 2.75. The maximum Gasteiger partial charge on any atom is 0.376 e. The van der Waals surface area contributed by atoms with Crippen LogP contribution in [-0.4, -0.2) is 63.2 Å². The predicted octanol–water partition coefficient (Wildman–Crippen LogP) is -1.24. The number of halogens is 3. The number of alkyl halides is 2. The molecule has 1 aromatic rings. The smallest absolute Gasteiger partial charge is 0.376 e. The lowest BCUT2D eigenvalue weighted by atomic mass is 10.1. The number of H-pyrrole nitrogens is 1. The largest absolute Gasteiger partial charge is 0.387 e. The van der Waals surface area contributed by atoms with Crippen molar-refractivity contribution in [3.63, 3.8) is 0 Å². The Hall–Kier alpha value is -0.630. The monoisotopic (exact) mass is 488 g/mol. The van der Waals surface area contributed by atoms with Crippen molar-refractivity contribution in [3.8, 4) is 0 Å². The SMILES string of the molecule is O=c1[nH]c(=O)n([C@@H]2O[C@H](COP(=O)(O)C(Cl)(Cl)P(=O)(O)O)[C@@H](O)[C@H]2O)cc1F. The standard InChI is InChI=1S/C10H13Cl2FN2O11P2/c11-10(12,27(20,21)22)28(23,24)25-2-4-5(16)6(17)8(26-4)15-1-3(13)7(18)14-9(15)19/h1,4-6,8,16-17H,2H2,(H,23,24)(H,14,18,19)(H2,20,21,22)/t4-,5-,6-,8-/m1/s1. The number of hydrogen-bond donors (Lipinski definition) is 6. The van der Waals surface area contributed by atoms with Crippen LogP contribution in [0, 0.1) is 5.82 Å². The fourth-order valence-electron chi connectivity index (χ4n) is 2.16. The molecular formula is C10H13Cl2FN2O11P2. The molecular weight excluding hydrogens is 476 g/mol. The van der Waals surface area contributed by atoms with Crippen LogP contribution in [0.5, 0.6) is 0 Å². The van der Waals surface area contributed by atoms with Crippen molar-refractivity contribution in [1.29, 1.82) is 0 Å². The van der Waals surface area contributed by atoms with Crippen molar-refractivity contribution >= 4 is 38.4 Å². The van der Waals surface area contributed by atoms with E-state index in [-0.39, 0.29) is 0 Å². The Bertz CT molecular complexity index is 961. The second-order valence-corrected chi connectivity index (χ2v) is 12.0. The Morgan fingerprint density at radius 1 is 1.25 bits per heavy atom. The maximum absolute atomic E-state index is 13.4. The van der Waals surface area contributed by atoms with Crippen molar-refractivity contribution < 1.29 is 47.7 Å². The van der Waals surface area contributed by atoms with Crippen LogP contribution in [0.1, 0.15) is 6.23 Å². The number of aromatic amines is 1. The van der Waals surface area contributed by atoms with E-state index in [1.165, 1.54) is 0 Å². The number of rotatable bonds is 6. The van der Waals surface area contributed by atoms with Crippen LogP contribution in [0.4, 0.5) is 4.39 Å². The topological polar surface area (TPSA) is 209 Å². The molecule has 1 saturated heterocycles. The Labute approximate surface area is 163 Å². The second kappa shape index (κ2) is 7.89. The molecule has 0 spiro atoms. The molecule has 5 atom stereocenters. The molecule has 1 aliphatic rings. The number of aliphatic hydroxyl groups excluding tert-OH is 2. The maximum atomic E-state index is 13.4.